The predicted octanol–water partition coefficient (Wildman–Crippen LogP) is 3.67. The quantitative estimate of drug-likeness (QED) is 0.829. The summed E-state index contributed by atoms with van der Waals surface area (Å²) in [6, 6.07) is 9.14. The fraction of sp³-hybridized carbons (Fsp3) is 0.571. The molecular weight excluding hydrogens is 278 g/mol. The largest absolute Gasteiger partial charge is 0.372 e. The van der Waals surface area contributed by atoms with E-state index in [-0.39, 0.29) is 6.10 Å². The van der Waals surface area contributed by atoms with Crippen molar-refractivity contribution >= 4 is 15.9 Å². The zero-order valence-electron chi connectivity index (χ0n) is 10.3. The minimum Gasteiger partial charge on any atom is -0.372 e. The van der Waals surface area contributed by atoms with Gasteiger partial charge in [0.05, 0.1) is 6.10 Å². The van der Waals surface area contributed by atoms with Crippen molar-refractivity contribution in [2.75, 3.05) is 13.2 Å². The van der Waals surface area contributed by atoms with Gasteiger partial charge in [0.2, 0.25) is 0 Å². The van der Waals surface area contributed by atoms with E-state index in [0.717, 1.165) is 30.1 Å². The van der Waals surface area contributed by atoms with Gasteiger partial charge in [0.25, 0.3) is 0 Å². The van der Waals surface area contributed by atoms with Crippen molar-refractivity contribution in [1.82, 2.24) is 5.32 Å². The maximum Gasteiger partial charge on any atom is 0.0949 e. The molecule has 17 heavy (non-hydrogen) atoms. The third-order valence-electron chi connectivity index (χ3n) is 2.91. The Morgan fingerprint density at radius 1 is 1.47 bits per heavy atom. The first kappa shape index (κ1) is 13.1. The molecule has 0 radical (unpaired) electrons. The van der Waals surface area contributed by atoms with E-state index < -0.39 is 0 Å². The Labute approximate surface area is 112 Å². The van der Waals surface area contributed by atoms with Gasteiger partial charge in [-0.15, -0.1) is 0 Å². The zero-order valence-corrected chi connectivity index (χ0v) is 11.9. The van der Waals surface area contributed by atoms with Crippen LogP contribution in [0.1, 0.15) is 37.9 Å². The number of hydrogen-bond donors (Lipinski definition) is 1. The van der Waals surface area contributed by atoms with Crippen molar-refractivity contribution in [3.05, 3.63) is 34.3 Å². The van der Waals surface area contributed by atoms with Crippen LogP contribution in [-0.2, 0) is 4.74 Å². The van der Waals surface area contributed by atoms with Gasteiger partial charge in [-0.1, -0.05) is 35.0 Å². The lowest BCUT2D eigenvalue weighted by Gasteiger charge is -2.19. The Bertz CT molecular complexity index is 352. The van der Waals surface area contributed by atoms with Crippen molar-refractivity contribution in [2.24, 2.45) is 0 Å². The first-order valence-corrected chi connectivity index (χ1v) is 7.19. The SMILES string of the molecule is CCCOC(CNC1CC1)c1cccc(Br)c1. The normalized spacial score (nSPS) is 17.1. The highest BCUT2D eigenvalue weighted by atomic mass is 79.9. The Kier molecular flexibility index (Phi) is 5.01. The first-order chi connectivity index (χ1) is 8.29. The van der Waals surface area contributed by atoms with Gasteiger partial charge in [-0.25, -0.2) is 0 Å². The molecule has 1 aliphatic carbocycles. The molecule has 1 fully saturated rings. The zero-order chi connectivity index (χ0) is 12.1. The lowest BCUT2D eigenvalue weighted by Crippen LogP contribution is -2.25. The monoisotopic (exact) mass is 297 g/mol. The topological polar surface area (TPSA) is 21.3 Å². The molecule has 94 valence electrons. The molecule has 2 rings (SSSR count). The third-order valence-corrected chi connectivity index (χ3v) is 3.41. The van der Waals surface area contributed by atoms with Gasteiger partial charge in [-0.2, -0.15) is 0 Å². The number of ether oxygens (including phenoxy) is 1. The average molecular weight is 298 g/mol. The molecule has 1 aromatic rings. The summed E-state index contributed by atoms with van der Waals surface area (Å²) in [7, 11) is 0. The summed E-state index contributed by atoms with van der Waals surface area (Å²) in [5.41, 5.74) is 1.25. The van der Waals surface area contributed by atoms with Gasteiger partial charge >= 0.3 is 0 Å². The van der Waals surface area contributed by atoms with Gasteiger partial charge in [-0.3, -0.25) is 0 Å². The summed E-state index contributed by atoms with van der Waals surface area (Å²) in [5.74, 6) is 0. The second-order valence-electron chi connectivity index (χ2n) is 4.60. The van der Waals surface area contributed by atoms with Crippen LogP contribution in [0.3, 0.4) is 0 Å². The van der Waals surface area contributed by atoms with Gasteiger partial charge in [0.15, 0.2) is 0 Å². The molecule has 1 unspecified atom stereocenters. The lowest BCUT2D eigenvalue weighted by atomic mass is 10.1. The molecule has 1 saturated carbocycles. The molecule has 3 heteroatoms. The summed E-state index contributed by atoms with van der Waals surface area (Å²) in [5, 5.41) is 3.54. The van der Waals surface area contributed by atoms with Crippen LogP contribution in [-0.4, -0.2) is 19.2 Å². The summed E-state index contributed by atoms with van der Waals surface area (Å²) in [6.07, 6.45) is 3.87. The molecule has 2 nitrogen and oxygen atoms in total. The maximum absolute atomic E-state index is 5.93. The standard InChI is InChI=1S/C14H20BrNO/c1-2-8-17-14(10-16-13-6-7-13)11-4-3-5-12(15)9-11/h3-5,9,13-14,16H,2,6-8,10H2,1H3. The first-order valence-electron chi connectivity index (χ1n) is 6.40. The Balaban J connectivity index is 1.96. The third kappa shape index (κ3) is 4.41. The Hall–Kier alpha value is -0.380. The van der Waals surface area contributed by atoms with Gasteiger partial charge < -0.3 is 10.1 Å². The average Bonchev–Trinajstić information content (AvgIpc) is 3.13. The Morgan fingerprint density at radius 2 is 2.29 bits per heavy atom. The summed E-state index contributed by atoms with van der Waals surface area (Å²) < 4.78 is 7.04. The second-order valence-corrected chi connectivity index (χ2v) is 5.51. The molecular formula is C14H20BrNO. The molecule has 1 N–H and O–H groups in total. The molecule has 1 aromatic carbocycles. The lowest BCUT2D eigenvalue weighted by molar-refractivity contribution is 0.0527. The molecule has 0 heterocycles. The van der Waals surface area contributed by atoms with Crippen molar-refractivity contribution in [2.45, 2.75) is 38.3 Å². The molecule has 0 amide bonds. The number of rotatable bonds is 7. The number of benzene rings is 1. The molecule has 0 bridgehead atoms. The fourth-order valence-electron chi connectivity index (χ4n) is 1.80. The van der Waals surface area contributed by atoms with E-state index in [1.54, 1.807) is 0 Å². The highest BCUT2D eigenvalue weighted by Gasteiger charge is 2.22. The molecule has 1 aliphatic rings. The summed E-state index contributed by atoms with van der Waals surface area (Å²) in [6.45, 7) is 3.89. The predicted molar refractivity (Wildman–Crippen MR) is 74.2 cm³/mol. The van der Waals surface area contributed by atoms with Crippen LogP contribution in [0.5, 0.6) is 0 Å². The van der Waals surface area contributed by atoms with Gasteiger partial charge in [-0.05, 0) is 37.0 Å². The van der Waals surface area contributed by atoms with Crippen LogP contribution in [0, 0.1) is 0 Å². The maximum atomic E-state index is 5.93. The minimum absolute atomic E-state index is 0.174. The highest BCUT2D eigenvalue weighted by Crippen LogP contribution is 2.24. The van der Waals surface area contributed by atoms with E-state index in [1.807, 2.05) is 0 Å². The summed E-state index contributed by atoms with van der Waals surface area (Å²) >= 11 is 3.52. The van der Waals surface area contributed by atoms with Crippen molar-refractivity contribution in [3.8, 4) is 0 Å². The van der Waals surface area contributed by atoms with Crippen LogP contribution in [0.25, 0.3) is 0 Å². The van der Waals surface area contributed by atoms with E-state index in [4.69, 9.17) is 4.74 Å². The molecule has 1 atom stereocenters. The van der Waals surface area contributed by atoms with Gasteiger partial charge in [0, 0.05) is 23.7 Å². The second kappa shape index (κ2) is 6.53. The van der Waals surface area contributed by atoms with Crippen LogP contribution in [0.15, 0.2) is 28.7 Å². The van der Waals surface area contributed by atoms with Crippen molar-refractivity contribution in [1.29, 1.82) is 0 Å². The van der Waals surface area contributed by atoms with E-state index in [2.05, 4.69) is 52.4 Å². The minimum atomic E-state index is 0.174. The number of hydrogen-bond acceptors (Lipinski definition) is 2. The molecule has 0 aliphatic heterocycles. The van der Waals surface area contributed by atoms with E-state index in [9.17, 15) is 0 Å². The smallest absolute Gasteiger partial charge is 0.0949 e. The van der Waals surface area contributed by atoms with Crippen LogP contribution in [0.4, 0.5) is 0 Å². The number of halogens is 1. The highest BCUT2D eigenvalue weighted by molar-refractivity contribution is 9.10. The fourth-order valence-corrected chi connectivity index (χ4v) is 2.22. The van der Waals surface area contributed by atoms with Crippen LogP contribution >= 0.6 is 15.9 Å². The molecule has 0 aromatic heterocycles. The van der Waals surface area contributed by atoms with Gasteiger partial charge in [0.1, 0.15) is 0 Å². The number of nitrogens with one attached hydrogen (secondary N) is 1. The Morgan fingerprint density at radius 3 is 2.94 bits per heavy atom. The van der Waals surface area contributed by atoms with E-state index in [0.29, 0.717) is 0 Å². The summed E-state index contributed by atoms with van der Waals surface area (Å²) in [4.78, 5) is 0. The van der Waals surface area contributed by atoms with E-state index in [1.165, 1.54) is 18.4 Å². The van der Waals surface area contributed by atoms with Crippen molar-refractivity contribution < 1.29 is 4.74 Å². The van der Waals surface area contributed by atoms with Crippen LogP contribution in [0.2, 0.25) is 0 Å². The van der Waals surface area contributed by atoms with Crippen molar-refractivity contribution in [3.63, 3.8) is 0 Å². The molecule has 0 saturated heterocycles. The van der Waals surface area contributed by atoms with Crippen LogP contribution < -0.4 is 5.32 Å². The molecule has 0 spiro atoms. The van der Waals surface area contributed by atoms with E-state index >= 15 is 0 Å².